The minimum Gasteiger partial charge on any atom is -0.368 e. The number of nitrogens with one attached hydrogen (secondary N) is 1. The molecule has 0 radical (unpaired) electrons. The molecule has 1 fully saturated rings. The smallest absolute Gasteiger partial charge is 0.0655 e. The van der Waals surface area contributed by atoms with Crippen LogP contribution < -0.4 is 10.2 Å². The van der Waals surface area contributed by atoms with Gasteiger partial charge in [0.05, 0.1) is 5.69 Å². The summed E-state index contributed by atoms with van der Waals surface area (Å²) in [6.45, 7) is 7.86. The molecule has 0 spiro atoms. The van der Waals surface area contributed by atoms with E-state index in [0.29, 0.717) is 0 Å². The summed E-state index contributed by atoms with van der Waals surface area (Å²) in [6, 6.07) is 6.32. The highest BCUT2D eigenvalue weighted by Gasteiger charge is 2.31. The fraction of sp³-hybridized carbons (Fsp3) is 0.600. The lowest BCUT2D eigenvalue weighted by Gasteiger charge is -2.37. The summed E-state index contributed by atoms with van der Waals surface area (Å²) < 4.78 is 2.34. The number of benzene rings is 1. The number of anilines is 1. The SMILES string of the molecule is CCC1(CC)CN(c2c(Br)cccc2Br)CCCN1. The molecular weight excluding hydrogens is 368 g/mol. The van der Waals surface area contributed by atoms with Crippen molar-refractivity contribution in [3.8, 4) is 0 Å². The fourth-order valence-electron chi connectivity index (χ4n) is 2.83. The molecule has 2 nitrogen and oxygen atoms in total. The van der Waals surface area contributed by atoms with Crippen LogP contribution in [0.25, 0.3) is 0 Å². The van der Waals surface area contributed by atoms with Gasteiger partial charge in [0.25, 0.3) is 0 Å². The Morgan fingerprint density at radius 1 is 1.21 bits per heavy atom. The molecule has 0 bridgehead atoms. The van der Waals surface area contributed by atoms with Crippen molar-refractivity contribution >= 4 is 37.5 Å². The number of hydrogen-bond donors (Lipinski definition) is 1. The number of para-hydroxylation sites is 1. The Hall–Kier alpha value is -0.0600. The molecule has 0 saturated carbocycles. The first kappa shape index (κ1) is 15.3. The monoisotopic (exact) mass is 388 g/mol. The Morgan fingerprint density at radius 3 is 2.42 bits per heavy atom. The van der Waals surface area contributed by atoms with E-state index in [2.05, 4.69) is 74.1 Å². The highest BCUT2D eigenvalue weighted by molar-refractivity contribution is 9.11. The minimum absolute atomic E-state index is 0.241. The quantitative estimate of drug-likeness (QED) is 0.814. The largest absolute Gasteiger partial charge is 0.368 e. The van der Waals surface area contributed by atoms with Gasteiger partial charge < -0.3 is 10.2 Å². The summed E-state index contributed by atoms with van der Waals surface area (Å²) in [7, 11) is 0. The van der Waals surface area contributed by atoms with Crippen molar-refractivity contribution in [1.82, 2.24) is 5.32 Å². The van der Waals surface area contributed by atoms with Crippen molar-refractivity contribution in [3.63, 3.8) is 0 Å². The number of rotatable bonds is 3. The van der Waals surface area contributed by atoms with Crippen LogP contribution in [0.15, 0.2) is 27.1 Å². The highest BCUT2D eigenvalue weighted by atomic mass is 79.9. The van der Waals surface area contributed by atoms with Gasteiger partial charge in [-0.25, -0.2) is 0 Å². The molecule has 106 valence electrons. The van der Waals surface area contributed by atoms with Crippen LogP contribution in [0.4, 0.5) is 5.69 Å². The topological polar surface area (TPSA) is 15.3 Å². The van der Waals surface area contributed by atoms with Crippen LogP contribution in [0.5, 0.6) is 0 Å². The molecule has 1 aliphatic rings. The average molecular weight is 390 g/mol. The Bertz CT molecular complexity index is 410. The summed E-state index contributed by atoms with van der Waals surface area (Å²) >= 11 is 7.39. The highest BCUT2D eigenvalue weighted by Crippen LogP contribution is 2.36. The molecule has 0 aromatic heterocycles. The van der Waals surface area contributed by atoms with E-state index in [1.807, 2.05) is 0 Å². The molecule has 1 saturated heterocycles. The van der Waals surface area contributed by atoms with Crippen molar-refractivity contribution < 1.29 is 0 Å². The molecular formula is C15H22Br2N2. The Kier molecular flexibility index (Phi) is 5.32. The van der Waals surface area contributed by atoms with Gasteiger partial charge in [0.1, 0.15) is 0 Å². The molecule has 1 aromatic rings. The molecule has 1 heterocycles. The van der Waals surface area contributed by atoms with Crippen LogP contribution in [-0.4, -0.2) is 25.2 Å². The van der Waals surface area contributed by atoms with Gasteiger partial charge in [-0.05, 0) is 69.8 Å². The third-order valence-electron chi connectivity index (χ3n) is 4.21. The summed E-state index contributed by atoms with van der Waals surface area (Å²) in [5, 5.41) is 3.76. The number of nitrogens with zero attached hydrogens (tertiary/aromatic N) is 1. The van der Waals surface area contributed by atoms with Crippen molar-refractivity contribution in [2.24, 2.45) is 0 Å². The van der Waals surface area contributed by atoms with Crippen molar-refractivity contribution in [1.29, 1.82) is 0 Å². The number of hydrogen-bond acceptors (Lipinski definition) is 2. The molecule has 1 aliphatic heterocycles. The maximum atomic E-state index is 3.76. The maximum Gasteiger partial charge on any atom is 0.0655 e. The lowest BCUT2D eigenvalue weighted by Crippen LogP contribution is -2.50. The Morgan fingerprint density at radius 2 is 1.84 bits per heavy atom. The summed E-state index contributed by atoms with van der Waals surface area (Å²) in [5.41, 5.74) is 1.53. The third-order valence-corrected chi connectivity index (χ3v) is 5.49. The Balaban J connectivity index is 2.33. The molecule has 4 heteroatoms. The second-order valence-corrected chi connectivity index (χ2v) is 6.97. The van der Waals surface area contributed by atoms with Crippen molar-refractivity contribution in [2.75, 3.05) is 24.5 Å². The van der Waals surface area contributed by atoms with Gasteiger partial charge in [0.15, 0.2) is 0 Å². The maximum absolute atomic E-state index is 3.76. The van der Waals surface area contributed by atoms with Gasteiger partial charge in [-0.2, -0.15) is 0 Å². The molecule has 0 unspecified atom stereocenters. The van der Waals surface area contributed by atoms with Crippen LogP contribution >= 0.6 is 31.9 Å². The zero-order valence-corrected chi connectivity index (χ0v) is 14.8. The van der Waals surface area contributed by atoms with Crippen molar-refractivity contribution in [2.45, 2.75) is 38.6 Å². The molecule has 0 atom stereocenters. The predicted molar refractivity (Wildman–Crippen MR) is 90.0 cm³/mol. The summed E-state index contributed by atoms with van der Waals surface area (Å²) in [6.07, 6.45) is 3.53. The van der Waals surface area contributed by atoms with E-state index in [1.54, 1.807) is 0 Å². The summed E-state index contributed by atoms with van der Waals surface area (Å²) in [4.78, 5) is 2.52. The molecule has 1 N–H and O–H groups in total. The molecule has 0 aliphatic carbocycles. The van der Waals surface area contributed by atoms with E-state index in [9.17, 15) is 0 Å². The molecule has 0 amide bonds. The van der Waals surface area contributed by atoms with Gasteiger partial charge in [-0.15, -0.1) is 0 Å². The standard InChI is InChI=1S/C15H22Br2N2/c1-3-15(4-2)11-19(10-6-9-18-15)14-12(16)7-5-8-13(14)17/h5,7-8,18H,3-4,6,9-11H2,1-2H3. The van der Waals surface area contributed by atoms with E-state index in [1.165, 1.54) is 33.9 Å². The zero-order chi connectivity index (χ0) is 13.9. The van der Waals surface area contributed by atoms with E-state index in [-0.39, 0.29) is 5.54 Å². The van der Waals surface area contributed by atoms with Crippen LogP contribution in [0.3, 0.4) is 0 Å². The fourth-order valence-corrected chi connectivity index (χ4v) is 4.33. The molecule has 2 rings (SSSR count). The molecule has 1 aromatic carbocycles. The van der Waals surface area contributed by atoms with Crippen LogP contribution in [0.1, 0.15) is 33.1 Å². The first-order valence-electron chi connectivity index (χ1n) is 7.06. The van der Waals surface area contributed by atoms with Gasteiger partial charge in [-0.3, -0.25) is 0 Å². The number of halogens is 2. The first-order valence-corrected chi connectivity index (χ1v) is 8.64. The van der Waals surface area contributed by atoms with Crippen LogP contribution in [0.2, 0.25) is 0 Å². The lowest BCUT2D eigenvalue weighted by molar-refractivity contribution is 0.321. The van der Waals surface area contributed by atoms with E-state index in [0.717, 1.165) is 19.6 Å². The van der Waals surface area contributed by atoms with E-state index in [4.69, 9.17) is 0 Å². The first-order chi connectivity index (χ1) is 9.12. The lowest BCUT2D eigenvalue weighted by atomic mass is 9.92. The Labute approximate surface area is 133 Å². The van der Waals surface area contributed by atoms with Crippen molar-refractivity contribution in [3.05, 3.63) is 27.1 Å². The third kappa shape index (κ3) is 3.34. The second kappa shape index (κ2) is 6.59. The summed E-state index contributed by atoms with van der Waals surface area (Å²) in [5.74, 6) is 0. The predicted octanol–water partition coefficient (Wildman–Crippen LogP) is 4.57. The zero-order valence-electron chi connectivity index (χ0n) is 11.7. The van der Waals surface area contributed by atoms with E-state index < -0.39 is 0 Å². The minimum atomic E-state index is 0.241. The van der Waals surface area contributed by atoms with Gasteiger partial charge >= 0.3 is 0 Å². The average Bonchev–Trinajstić information content (AvgIpc) is 2.62. The molecule has 19 heavy (non-hydrogen) atoms. The van der Waals surface area contributed by atoms with E-state index >= 15 is 0 Å². The second-order valence-electron chi connectivity index (χ2n) is 5.26. The van der Waals surface area contributed by atoms with Gasteiger partial charge in [0, 0.05) is 27.6 Å². The van der Waals surface area contributed by atoms with Crippen LogP contribution in [-0.2, 0) is 0 Å². The normalized spacial score (nSPS) is 19.3. The van der Waals surface area contributed by atoms with Crippen LogP contribution in [0, 0.1) is 0 Å². The van der Waals surface area contributed by atoms with Gasteiger partial charge in [-0.1, -0.05) is 19.9 Å². The van der Waals surface area contributed by atoms with Gasteiger partial charge in [0.2, 0.25) is 0 Å².